The van der Waals surface area contributed by atoms with Crippen molar-refractivity contribution in [2.75, 3.05) is 20.7 Å². The van der Waals surface area contributed by atoms with Gasteiger partial charge >= 0.3 is 11.8 Å². The number of aliphatic hydroxyl groups is 1. The van der Waals surface area contributed by atoms with Crippen LogP contribution in [0.3, 0.4) is 0 Å². The van der Waals surface area contributed by atoms with Crippen LogP contribution in [0, 0.1) is 17.0 Å². The van der Waals surface area contributed by atoms with Crippen LogP contribution in [-0.4, -0.2) is 56.3 Å². The fourth-order valence-electron chi connectivity index (χ4n) is 2.10. The lowest BCUT2D eigenvalue weighted by atomic mass is 10.1. The molecule has 0 aliphatic rings. The first-order valence-electron chi connectivity index (χ1n) is 7.50. The van der Waals surface area contributed by atoms with Crippen LogP contribution in [0.25, 0.3) is 0 Å². The number of hydrogen-bond donors (Lipinski definition) is 2. The number of benzene rings is 1. The summed E-state index contributed by atoms with van der Waals surface area (Å²) in [4.78, 5) is 26.2. The second-order valence-corrected chi connectivity index (χ2v) is 5.54. The lowest BCUT2D eigenvalue weighted by Crippen LogP contribution is -2.10. The predicted molar refractivity (Wildman–Crippen MR) is 91.5 cm³/mol. The maximum atomic E-state index is 10.5. The second-order valence-electron chi connectivity index (χ2n) is 5.54. The summed E-state index contributed by atoms with van der Waals surface area (Å²) in [7, 11) is 3.95. The molecule has 1 aromatic heterocycles. The van der Waals surface area contributed by atoms with E-state index in [1.54, 1.807) is 19.1 Å². The van der Waals surface area contributed by atoms with Gasteiger partial charge < -0.3 is 25.2 Å². The number of aromatic nitrogens is 2. The van der Waals surface area contributed by atoms with Gasteiger partial charge in [-0.25, -0.2) is 14.3 Å². The third-order valence-corrected chi connectivity index (χ3v) is 3.24. The van der Waals surface area contributed by atoms with Crippen LogP contribution >= 0.6 is 0 Å². The van der Waals surface area contributed by atoms with Gasteiger partial charge in [-0.3, -0.25) is 0 Å². The molecule has 0 saturated heterocycles. The monoisotopic (exact) mass is 350 g/mol. The van der Waals surface area contributed by atoms with Crippen LogP contribution in [0.2, 0.25) is 0 Å². The van der Waals surface area contributed by atoms with Gasteiger partial charge in [-0.1, -0.05) is 12.1 Å². The van der Waals surface area contributed by atoms with Crippen molar-refractivity contribution < 1.29 is 19.9 Å². The first kappa shape index (κ1) is 20.3. The Morgan fingerprint density at radius 3 is 2.36 bits per heavy atom. The number of imidazole rings is 1. The van der Waals surface area contributed by atoms with Crippen LogP contribution in [0.1, 0.15) is 21.7 Å². The minimum atomic E-state index is -0.878. The third-order valence-electron chi connectivity index (χ3n) is 3.24. The third kappa shape index (κ3) is 6.32. The Labute approximate surface area is 145 Å². The van der Waals surface area contributed by atoms with E-state index in [1.165, 1.54) is 10.8 Å². The van der Waals surface area contributed by atoms with Gasteiger partial charge in [-0.05, 0) is 36.7 Å². The zero-order valence-electron chi connectivity index (χ0n) is 14.4. The average molecular weight is 350 g/mol. The largest absolute Gasteiger partial charge is 0.478 e. The molecule has 9 heteroatoms. The normalized spacial score (nSPS) is 10.3. The molecule has 0 amide bonds. The number of aryl methyl sites for hydroxylation is 1. The zero-order chi connectivity index (χ0) is 19.0. The van der Waals surface area contributed by atoms with Crippen molar-refractivity contribution in [3.05, 3.63) is 57.5 Å². The average Bonchev–Trinajstić information content (AvgIpc) is 2.90. The number of carbonyl (C=O) groups is 1. The van der Waals surface area contributed by atoms with E-state index < -0.39 is 10.9 Å². The Morgan fingerprint density at radius 2 is 1.92 bits per heavy atom. The minimum absolute atomic E-state index is 0.0819. The van der Waals surface area contributed by atoms with E-state index in [9.17, 15) is 14.9 Å². The van der Waals surface area contributed by atoms with E-state index in [0.717, 1.165) is 12.1 Å². The number of nitro groups is 1. The summed E-state index contributed by atoms with van der Waals surface area (Å²) in [5.74, 6) is -0.422. The van der Waals surface area contributed by atoms with Gasteiger partial charge in [0.2, 0.25) is 0 Å². The summed E-state index contributed by atoms with van der Waals surface area (Å²) >= 11 is 0. The summed E-state index contributed by atoms with van der Waals surface area (Å²) in [5.41, 5.74) is 1.46. The van der Waals surface area contributed by atoms with E-state index in [0.29, 0.717) is 11.4 Å². The highest BCUT2D eigenvalue weighted by molar-refractivity contribution is 5.87. The summed E-state index contributed by atoms with van der Waals surface area (Å²) in [6.45, 7) is 2.57. The molecule has 2 rings (SSSR count). The molecule has 2 aromatic rings. The molecule has 0 radical (unpaired) electrons. The fraction of sp³-hybridized carbons (Fsp3) is 0.375. The van der Waals surface area contributed by atoms with E-state index in [2.05, 4.69) is 4.98 Å². The minimum Gasteiger partial charge on any atom is -0.478 e. The Morgan fingerprint density at radius 1 is 1.32 bits per heavy atom. The molecular weight excluding hydrogens is 328 g/mol. The van der Waals surface area contributed by atoms with Gasteiger partial charge in [0.05, 0.1) is 12.2 Å². The van der Waals surface area contributed by atoms with Crippen molar-refractivity contribution in [3.8, 4) is 0 Å². The molecule has 0 spiro atoms. The molecule has 0 saturated carbocycles. The highest BCUT2D eigenvalue weighted by Gasteiger charge is 2.15. The first-order chi connectivity index (χ1) is 11.8. The Hall–Kier alpha value is -2.78. The maximum Gasteiger partial charge on any atom is 0.342 e. The van der Waals surface area contributed by atoms with Crippen molar-refractivity contribution in [3.63, 3.8) is 0 Å². The van der Waals surface area contributed by atoms with Crippen molar-refractivity contribution in [1.82, 2.24) is 14.5 Å². The number of aromatic carboxylic acids is 1. The maximum absolute atomic E-state index is 10.5. The highest BCUT2D eigenvalue weighted by Crippen LogP contribution is 2.12. The molecule has 2 N–H and O–H groups in total. The molecule has 1 aromatic carbocycles. The SMILES string of the molecule is CN(C)Cc1ccc(C(=O)O)cc1.Cc1ncc([N+](=O)[O-])n1CCO. The Bertz CT molecular complexity index is 710. The molecule has 0 aliphatic carbocycles. The van der Waals surface area contributed by atoms with Crippen LogP contribution in [0.5, 0.6) is 0 Å². The molecule has 0 atom stereocenters. The van der Waals surface area contributed by atoms with Crippen molar-refractivity contribution in [1.29, 1.82) is 0 Å². The first-order valence-corrected chi connectivity index (χ1v) is 7.50. The van der Waals surface area contributed by atoms with Crippen molar-refractivity contribution in [2.45, 2.75) is 20.0 Å². The Kier molecular flexibility index (Phi) is 7.70. The van der Waals surface area contributed by atoms with Crippen molar-refractivity contribution in [2.24, 2.45) is 0 Å². The quantitative estimate of drug-likeness (QED) is 0.598. The standard InChI is InChI=1S/C10H13NO2.C6H9N3O3/c1-11(2)7-8-3-5-9(6-4-8)10(12)13;1-5-7-4-6(9(11)12)8(5)2-3-10/h3-6H,7H2,1-2H3,(H,12,13);4,10H,2-3H2,1H3. The summed E-state index contributed by atoms with van der Waals surface area (Å²) in [6.07, 6.45) is 1.19. The molecule has 0 aliphatic heterocycles. The predicted octanol–water partition coefficient (Wildman–Crippen LogP) is 1.54. The number of rotatable bonds is 6. The molecule has 0 unspecified atom stereocenters. The summed E-state index contributed by atoms with van der Waals surface area (Å²) < 4.78 is 1.36. The molecule has 1 heterocycles. The summed E-state index contributed by atoms with van der Waals surface area (Å²) in [6, 6.07) is 6.93. The number of nitrogens with zero attached hydrogens (tertiary/aromatic N) is 4. The van der Waals surface area contributed by atoms with E-state index in [1.807, 2.05) is 31.1 Å². The fourth-order valence-corrected chi connectivity index (χ4v) is 2.10. The van der Waals surface area contributed by atoms with Crippen LogP contribution in [0.15, 0.2) is 30.5 Å². The number of hydrogen-bond acceptors (Lipinski definition) is 6. The molecule has 25 heavy (non-hydrogen) atoms. The number of carboxylic acids is 1. The van der Waals surface area contributed by atoms with Crippen LogP contribution in [-0.2, 0) is 13.1 Å². The molecule has 0 fully saturated rings. The van der Waals surface area contributed by atoms with Gasteiger partial charge in [0.25, 0.3) is 0 Å². The van der Waals surface area contributed by atoms with Gasteiger partial charge in [-0.15, -0.1) is 0 Å². The topological polar surface area (TPSA) is 122 Å². The molecular formula is C16H22N4O5. The number of carboxylic acid groups (broad SMARTS) is 1. The summed E-state index contributed by atoms with van der Waals surface area (Å²) in [5, 5.41) is 27.6. The Balaban J connectivity index is 0.000000251. The second kappa shape index (κ2) is 9.50. The van der Waals surface area contributed by atoms with E-state index >= 15 is 0 Å². The van der Waals surface area contributed by atoms with Gasteiger partial charge in [0, 0.05) is 13.5 Å². The zero-order valence-corrected chi connectivity index (χ0v) is 14.4. The molecule has 9 nitrogen and oxygen atoms in total. The molecule has 0 bridgehead atoms. The molecule has 136 valence electrons. The van der Waals surface area contributed by atoms with Gasteiger partial charge in [0.15, 0.2) is 5.82 Å². The smallest absolute Gasteiger partial charge is 0.342 e. The van der Waals surface area contributed by atoms with E-state index in [-0.39, 0.29) is 19.0 Å². The van der Waals surface area contributed by atoms with Crippen molar-refractivity contribution >= 4 is 11.8 Å². The van der Waals surface area contributed by atoms with E-state index in [4.69, 9.17) is 10.2 Å². The van der Waals surface area contributed by atoms with Crippen LogP contribution < -0.4 is 0 Å². The van der Waals surface area contributed by atoms with Gasteiger partial charge in [0.1, 0.15) is 12.7 Å². The lowest BCUT2D eigenvalue weighted by Gasteiger charge is -2.09. The van der Waals surface area contributed by atoms with Gasteiger partial charge in [-0.2, -0.15) is 0 Å². The number of aliphatic hydroxyl groups excluding tert-OH is 1. The van der Waals surface area contributed by atoms with Crippen LogP contribution in [0.4, 0.5) is 5.82 Å². The highest BCUT2D eigenvalue weighted by atomic mass is 16.6. The lowest BCUT2D eigenvalue weighted by molar-refractivity contribution is -0.392.